The average molecular weight is 357 g/mol. The Morgan fingerprint density at radius 3 is 2.44 bits per heavy atom. The summed E-state index contributed by atoms with van der Waals surface area (Å²) in [5.74, 6) is 5.89. The van der Waals surface area contributed by atoms with Crippen molar-refractivity contribution in [3.63, 3.8) is 0 Å². The monoisotopic (exact) mass is 357 g/mol. The minimum atomic E-state index is -0.461. The van der Waals surface area contributed by atoms with E-state index in [0.29, 0.717) is 6.61 Å². The maximum atomic E-state index is 12.0. The Kier molecular flexibility index (Phi) is 4.63. The third-order valence-electron chi connectivity index (χ3n) is 4.60. The van der Waals surface area contributed by atoms with E-state index in [2.05, 4.69) is 46.5 Å². The first-order chi connectivity index (χ1) is 13.2. The number of carbonyl (C=O) groups is 1. The van der Waals surface area contributed by atoms with Crippen molar-refractivity contribution in [1.29, 1.82) is 0 Å². The van der Waals surface area contributed by atoms with E-state index < -0.39 is 6.09 Å². The van der Waals surface area contributed by atoms with E-state index in [9.17, 15) is 4.79 Å². The van der Waals surface area contributed by atoms with Crippen LogP contribution >= 0.6 is 0 Å². The number of aromatic nitrogens is 2. The van der Waals surface area contributed by atoms with Crippen LogP contribution in [0.1, 0.15) is 22.6 Å². The molecule has 5 nitrogen and oxygen atoms in total. The van der Waals surface area contributed by atoms with E-state index in [0.717, 1.165) is 5.56 Å². The molecule has 27 heavy (non-hydrogen) atoms. The van der Waals surface area contributed by atoms with Crippen LogP contribution in [0.4, 0.5) is 4.79 Å². The van der Waals surface area contributed by atoms with Crippen molar-refractivity contribution in [3.05, 3.63) is 77.6 Å². The second kappa shape index (κ2) is 7.38. The Hall–Kier alpha value is -3.52. The third-order valence-corrected chi connectivity index (χ3v) is 4.60. The summed E-state index contributed by atoms with van der Waals surface area (Å²) < 4.78 is 7.15. The van der Waals surface area contributed by atoms with Crippen LogP contribution in [0.2, 0.25) is 0 Å². The van der Waals surface area contributed by atoms with Crippen molar-refractivity contribution in [1.82, 2.24) is 15.1 Å². The number of nitrogens with zero attached hydrogens (tertiary/aromatic N) is 2. The number of alkyl carbamates (subject to hydrolysis) is 1. The molecule has 0 radical (unpaired) electrons. The van der Waals surface area contributed by atoms with Crippen molar-refractivity contribution in [3.8, 4) is 23.0 Å². The zero-order valence-electron chi connectivity index (χ0n) is 15.0. The van der Waals surface area contributed by atoms with Crippen LogP contribution in [0.15, 0.2) is 60.9 Å². The van der Waals surface area contributed by atoms with Gasteiger partial charge in [-0.05, 0) is 22.3 Å². The lowest BCUT2D eigenvalue weighted by molar-refractivity contribution is 0.144. The highest BCUT2D eigenvalue weighted by molar-refractivity contribution is 5.79. The van der Waals surface area contributed by atoms with E-state index in [1.165, 1.54) is 22.3 Å². The number of hydrogen-bond acceptors (Lipinski definition) is 3. The van der Waals surface area contributed by atoms with E-state index >= 15 is 0 Å². The number of amides is 1. The molecule has 0 saturated carbocycles. The van der Waals surface area contributed by atoms with Gasteiger partial charge in [-0.1, -0.05) is 60.4 Å². The first-order valence-electron chi connectivity index (χ1n) is 8.79. The second-order valence-electron chi connectivity index (χ2n) is 6.38. The Balaban J connectivity index is 1.36. The minimum absolute atomic E-state index is 0.0598. The van der Waals surface area contributed by atoms with Crippen molar-refractivity contribution in [2.45, 2.75) is 5.92 Å². The maximum absolute atomic E-state index is 12.0. The molecule has 5 heteroatoms. The van der Waals surface area contributed by atoms with Crippen LogP contribution in [-0.4, -0.2) is 29.0 Å². The van der Waals surface area contributed by atoms with Gasteiger partial charge in [0.25, 0.3) is 0 Å². The van der Waals surface area contributed by atoms with Gasteiger partial charge in [0.15, 0.2) is 0 Å². The van der Waals surface area contributed by atoms with Gasteiger partial charge in [0, 0.05) is 19.2 Å². The summed E-state index contributed by atoms with van der Waals surface area (Å²) in [5, 5.41) is 6.71. The number of rotatable bonds is 3. The molecule has 1 N–H and O–H groups in total. The number of fused-ring (bicyclic) bond motifs is 3. The molecule has 1 aromatic heterocycles. The number of benzene rings is 2. The van der Waals surface area contributed by atoms with Gasteiger partial charge in [-0.3, -0.25) is 4.68 Å². The fourth-order valence-corrected chi connectivity index (χ4v) is 3.40. The first-order valence-corrected chi connectivity index (χ1v) is 8.79. The number of aryl methyl sites for hydroxylation is 1. The van der Waals surface area contributed by atoms with Gasteiger partial charge in [-0.15, -0.1) is 0 Å². The maximum Gasteiger partial charge on any atom is 0.407 e. The molecule has 1 aliphatic carbocycles. The van der Waals surface area contributed by atoms with Crippen molar-refractivity contribution in [2.75, 3.05) is 13.2 Å². The molecule has 1 heterocycles. The normalized spacial score (nSPS) is 11.9. The molecule has 1 aliphatic rings. The molecule has 4 rings (SSSR count). The van der Waals surface area contributed by atoms with Crippen molar-refractivity contribution >= 4 is 6.09 Å². The van der Waals surface area contributed by atoms with Crippen molar-refractivity contribution in [2.24, 2.45) is 7.05 Å². The van der Waals surface area contributed by atoms with Gasteiger partial charge in [-0.2, -0.15) is 5.10 Å². The molecular formula is C22H19N3O2. The van der Waals surface area contributed by atoms with Gasteiger partial charge in [-0.25, -0.2) is 4.79 Å². The zero-order chi connectivity index (χ0) is 18.6. The molecule has 2 aromatic carbocycles. The van der Waals surface area contributed by atoms with Gasteiger partial charge in [0.05, 0.1) is 18.3 Å². The van der Waals surface area contributed by atoms with Crippen molar-refractivity contribution < 1.29 is 9.53 Å². The van der Waals surface area contributed by atoms with Crippen LogP contribution < -0.4 is 5.32 Å². The predicted molar refractivity (Wildman–Crippen MR) is 103 cm³/mol. The Bertz CT molecular complexity index is 997. The predicted octanol–water partition coefficient (Wildman–Crippen LogP) is 3.31. The summed E-state index contributed by atoms with van der Waals surface area (Å²) in [4.78, 5) is 12.0. The molecule has 1 amide bonds. The summed E-state index contributed by atoms with van der Waals surface area (Å²) in [6.45, 7) is 0.529. The number of ether oxygens (including phenoxy) is 1. The summed E-state index contributed by atoms with van der Waals surface area (Å²) in [7, 11) is 1.83. The molecular weight excluding hydrogens is 338 g/mol. The van der Waals surface area contributed by atoms with Crippen LogP contribution in [-0.2, 0) is 11.8 Å². The van der Waals surface area contributed by atoms with Crippen LogP contribution in [0.25, 0.3) is 11.1 Å². The minimum Gasteiger partial charge on any atom is -0.449 e. The third kappa shape index (κ3) is 3.56. The van der Waals surface area contributed by atoms with E-state index in [4.69, 9.17) is 4.74 Å². The fourth-order valence-electron chi connectivity index (χ4n) is 3.40. The fraction of sp³-hybridized carbons (Fsp3) is 0.182. The van der Waals surface area contributed by atoms with Crippen LogP contribution in [0.3, 0.4) is 0 Å². The SMILES string of the molecule is Cn1cc(C#CCNC(=O)OCC2c3ccccc3-c3ccccc32)cn1. The number of hydrogen-bond donors (Lipinski definition) is 1. The quantitative estimate of drug-likeness (QED) is 0.732. The van der Waals surface area contributed by atoms with E-state index in [1.807, 2.05) is 37.5 Å². The lowest BCUT2D eigenvalue weighted by Crippen LogP contribution is -2.26. The van der Waals surface area contributed by atoms with E-state index in [-0.39, 0.29) is 12.5 Å². The molecule has 0 unspecified atom stereocenters. The van der Waals surface area contributed by atoms with Crippen LogP contribution in [0.5, 0.6) is 0 Å². The lowest BCUT2D eigenvalue weighted by Gasteiger charge is -2.14. The highest BCUT2D eigenvalue weighted by Crippen LogP contribution is 2.44. The molecule has 0 fully saturated rings. The molecule has 0 spiro atoms. The Morgan fingerprint density at radius 1 is 1.15 bits per heavy atom. The summed E-state index contributed by atoms with van der Waals surface area (Å²) in [5.41, 5.74) is 5.63. The Morgan fingerprint density at radius 2 is 1.81 bits per heavy atom. The van der Waals surface area contributed by atoms with Crippen LogP contribution in [0, 0.1) is 11.8 Å². The van der Waals surface area contributed by atoms with Gasteiger partial charge >= 0.3 is 6.09 Å². The molecule has 0 atom stereocenters. The topological polar surface area (TPSA) is 56.2 Å². The zero-order valence-corrected chi connectivity index (χ0v) is 15.0. The van der Waals surface area contributed by atoms with Gasteiger partial charge in [0.1, 0.15) is 6.61 Å². The first kappa shape index (κ1) is 16.9. The largest absolute Gasteiger partial charge is 0.449 e. The summed E-state index contributed by atoms with van der Waals surface area (Å²) in [6.07, 6.45) is 3.04. The number of nitrogens with one attached hydrogen (secondary N) is 1. The summed E-state index contributed by atoms with van der Waals surface area (Å²) in [6, 6.07) is 16.5. The highest BCUT2D eigenvalue weighted by atomic mass is 16.5. The second-order valence-corrected chi connectivity index (χ2v) is 6.38. The Labute approximate surface area is 158 Å². The standard InChI is InChI=1S/C22H19N3O2/c1-25-14-16(13-24-25)7-6-12-23-22(26)27-15-21-19-10-4-2-8-17(19)18-9-3-5-11-20(18)21/h2-5,8-11,13-14,21H,12,15H2,1H3,(H,23,26). The molecule has 0 saturated heterocycles. The van der Waals surface area contributed by atoms with Gasteiger partial charge in [0.2, 0.25) is 0 Å². The van der Waals surface area contributed by atoms with Gasteiger partial charge < -0.3 is 10.1 Å². The lowest BCUT2D eigenvalue weighted by atomic mass is 9.98. The molecule has 0 bridgehead atoms. The van der Waals surface area contributed by atoms with E-state index in [1.54, 1.807) is 10.9 Å². The average Bonchev–Trinajstić information content (AvgIpc) is 3.25. The number of carbonyl (C=O) groups excluding carboxylic acids is 1. The molecule has 134 valence electrons. The highest BCUT2D eigenvalue weighted by Gasteiger charge is 2.28. The smallest absolute Gasteiger partial charge is 0.407 e. The molecule has 3 aromatic rings. The molecule has 0 aliphatic heterocycles. The summed E-state index contributed by atoms with van der Waals surface area (Å²) >= 11 is 0.